The van der Waals surface area contributed by atoms with Crippen LogP contribution in [0.1, 0.15) is 31.0 Å². The van der Waals surface area contributed by atoms with Crippen LogP contribution in [0.15, 0.2) is 66.8 Å². The van der Waals surface area contributed by atoms with Gasteiger partial charge in [0.05, 0.1) is 30.9 Å². The number of likely N-dealkylation sites (tertiary alicyclic amines) is 1. The predicted octanol–water partition coefficient (Wildman–Crippen LogP) is 3.79. The highest BCUT2D eigenvalue weighted by molar-refractivity contribution is 6.46. The number of hydrogen-bond donors (Lipinski definition) is 1. The second-order valence-corrected chi connectivity index (χ2v) is 9.31. The van der Waals surface area contributed by atoms with E-state index >= 15 is 0 Å². The van der Waals surface area contributed by atoms with Gasteiger partial charge in [0.15, 0.2) is 0 Å². The number of Topliss-reactive ketones (excluding diaryl/α,β-unsaturated/α-hetero) is 1. The van der Waals surface area contributed by atoms with Gasteiger partial charge in [-0.15, -0.1) is 0 Å². The first-order chi connectivity index (χ1) is 17.9. The van der Waals surface area contributed by atoms with Gasteiger partial charge in [-0.25, -0.2) is 0 Å². The van der Waals surface area contributed by atoms with Gasteiger partial charge in [-0.3, -0.25) is 14.5 Å². The number of morpholine rings is 1. The van der Waals surface area contributed by atoms with Gasteiger partial charge in [0.25, 0.3) is 11.7 Å². The molecule has 0 spiro atoms. The lowest BCUT2D eigenvalue weighted by atomic mass is 9.95. The fraction of sp³-hybridized carbons (Fsp3) is 0.379. The van der Waals surface area contributed by atoms with Gasteiger partial charge in [0.1, 0.15) is 23.9 Å². The average molecular weight is 507 g/mol. The van der Waals surface area contributed by atoms with Crippen molar-refractivity contribution in [2.45, 2.75) is 26.0 Å². The number of amides is 1. The molecule has 0 radical (unpaired) electrons. The number of hydrogen-bond acceptors (Lipinski definition) is 7. The summed E-state index contributed by atoms with van der Waals surface area (Å²) in [5, 5.41) is 11.3. The number of carbonyl (C=O) groups is 2. The van der Waals surface area contributed by atoms with E-state index in [1.165, 1.54) is 0 Å². The van der Waals surface area contributed by atoms with Crippen molar-refractivity contribution in [2.75, 3.05) is 46.0 Å². The van der Waals surface area contributed by atoms with Crippen LogP contribution in [0.4, 0.5) is 0 Å². The van der Waals surface area contributed by atoms with Crippen molar-refractivity contribution >= 4 is 17.4 Å². The third-order valence-corrected chi connectivity index (χ3v) is 6.36. The molecule has 1 amide bonds. The summed E-state index contributed by atoms with van der Waals surface area (Å²) in [5.74, 6) is -0.218. The number of benzene rings is 2. The smallest absolute Gasteiger partial charge is 0.295 e. The van der Waals surface area contributed by atoms with Crippen LogP contribution < -0.4 is 9.47 Å². The molecule has 2 heterocycles. The van der Waals surface area contributed by atoms with E-state index in [0.29, 0.717) is 55.5 Å². The molecular formula is C29H34N2O6. The summed E-state index contributed by atoms with van der Waals surface area (Å²) in [5.41, 5.74) is 1.23. The molecule has 8 heteroatoms. The minimum atomic E-state index is -0.721. The third-order valence-electron chi connectivity index (χ3n) is 6.36. The summed E-state index contributed by atoms with van der Waals surface area (Å²) in [6, 6.07) is 13.4. The normalized spacial score (nSPS) is 19.9. The summed E-state index contributed by atoms with van der Waals surface area (Å²) in [6.45, 7) is 11.7. The van der Waals surface area contributed by atoms with Gasteiger partial charge in [-0.1, -0.05) is 24.8 Å². The Labute approximate surface area is 217 Å². The maximum Gasteiger partial charge on any atom is 0.295 e. The molecule has 196 valence electrons. The van der Waals surface area contributed by atoms with Crippen molar-refractivity contribution in [3.05, 3.63) is 77.9 Å². The first-order valence-electron chi connectivity index (χ1n) is 12.6. The highest BCUT2D eigenvalue weighted by atomic mass is 16.5. The average Bonchev–Trinajstić information content (AvgIpc) is 3.16. The number of ether oxygens (including phenoxy) is 3. The highest BCUT2D eigenvalue weighted by Gasteiger charge is 2.46. The van der Waals surface area contributed by atoms with Crippen molar-refractivity contribution < 1.29 is 28.9 Å². The molecule has 2 saturated heterocycles. The molecule has 2 aromatic rings. The zero-order chi connectivity index (χ0) is 26.4. The molecule has 1 atom stereocenters. The number of aliphatic hydroxyl groups excluding tert-OH is 1. The van der Waals surface area contributed by atoms with Crippen LogP contribution in [-0.4, -0.2) is 78.7 Å². The minimum Gasteiger partial charge on any atom is -0.507 e. The molecule has 8 nitrogen and oxygen atoms in total. The number of rotatable bonds is 10. The van der Waals surface area contributed by atoms with E-state index in [1.54, 1.807) is 47.4 Å². The van der Waals surface area contributed by atoms with Gasteiger partial charge in [-0.05, 0) is 55.8 Å². The Balaban J connectivity index is 1.68. The Morgan fingerprint density at radius 1 is 1.05 bits per heavy atom. The molecule has 0 aromatic heterocycles. The number of nitrogens with zero attached hydrogens (tertiary/aromatic N) is 2. The Bertz CT molecular complexity index is 1130. The molecule has 0 bridgehead atoms. The zero-order valence-corrected chi connectivity index (χ0v) is 21.4. The lowest BCUT2D eigenvalue weighted by Gasteiger charge is -2.31. The SMILES string of the molecule is C=CCOc1ccc(C2/C(=C(\O)c3ccc(OC(C)C)cc3)C(=O)C(=O)N2CCN2CCOCC2)cc1. The van der Waals surface area contributed by atoms with Crippen LogP contribution >= 0.6 is 0 Å². The Morgan fingerprint density at radius 3 is 2.32 bits per heavy atom. The molecule has 1 N–H and O–H groups in total. The van der Waals surface area contributed by atoms with Gasteiger partial charge >= 0.3 is 0 Å². The summed E-state index contributed by atoms with van der Waals surface area (Å²) in [4.78, 5) is 30.3. The summed E-state index contributed by atoms with van der Waals surface area (Å²) >= 11 is 0. The van der Waals surface area contributed by atoms with Crippen molar-refractivity contribution in [3.8, 4) is 11.5 Å². The molecule has 0 saturated carbocycles. The first-order valence-corrected chi connectivity index (χ1v) is 12.6. The van der Waals surface area contributed by atoms with Crippen molar-refractivity contribution in [2.24, 2.45) is 0 Å². The maximum atomic E-state index is 13.3. The fourth-order valence-electron chi connectivity index (χ4n) is 4.55. The minimum absolute atomic E-state index is 0.00895. The van der Waals surface area contributed by atoms with Gasteiger partial charge < -0.3 is 24.2 Å². The van der Waals surface area contributed by atoms with E-state index in [2.05, 4.69) is 11.5 Å². The molecule has 4 rings (SSSR count). The number of ketones is 1. The standard InChI is InChI=1S/C29H34N2O6/c1-4-17-36-23-9-5-21(6-10-23)26-25(27(32)22-7-11-24(12-8-22)37-20(2)3)28(33)29(34)31(26)14-13-30-15-18-35-19-16-30/h4-12,20,26,32H,1,13-19H2,2-3H3/b27-25+. The topological polar surface area (TPSA) is 88.5 Å². The molecule has 2 fully saturated rings. The molecule has 37 heavy (non-hydrogen) atoms. The highest BCUT2D eigenvalue weighted by Crippen LogP contribution is 2.40. The Kier molecular flexibility index (Phi) is 8.63. The van der Waals surface area contributed by atoms with Crippen LogP contribution in [-0.2, 0) is 14.3 Å². The molecule has 0 aliphatic carbocycles. The van der Waals surface area contributed by atoms with Crippen LogP contribution in [0.2, 0.25) is 0 Å². The molecule has 1 unspecified atom stereocenters. The summed E-state index contributed by atoms with van der Waals surface area (Å²) in [7, 11) is 0. The van der Waals surface area contributed by atoms with Gasteiger partial charge in [0.2, 0.25) is 0 Å². The summed E-state index contributed by atoms with van der Waals surface area (Å²) < 4.78 is 16.7. The second-order valence-electron chi connectivity index (χ2n) is 9.31. The number of carbonyl (C=O) groups excluding carboxylic acids is 2. The predicted molar refractivity (Wildman–Crippen MR) is 141 cm³/mol. The number of aliphatic hydroxyl groups is 1. The summed E-state index contributed by atoms with van der Waals surface area (Å²) in [6.07, 6.45) is 1.67. The van der Waals surface area contributed by atoms with E-state index in [0.717, 1.165) is 13.1 Å². The monoisotopic (exact) mass is 506 g/mol. The van der Waals surface area contributed by atoms with E-state index in [1.807, 2.05) is 26.0 Å². The largest absolute Gasteiger partial charge is 0.507 e. The lowest BCUT2D eigenvalue weighted by Crippen LogP contribution is -2.42. The van der Waals surface area contributed by atoms with Crippen LogP contribution in [0.5, 0.6) is 11.5 Å². The molecule has 2 aromatic carbocycles. The van der Waals surface area contributed by atoms with E-state index in [4.69, 9.17) is 14.2 Å². The van der Waals surface area contributed by atoms with Gasteiger partial charge in [0, 0.05) is 31.7 Å². The lowest BCUT2D eigenvalue weighted by molar-refractivity contribution is -0.140. The maximum absolute atomic E-state index is 13.3. The molecule has 2 aliphatic rings. The van der Waals surface area contributed by atoms with Crippen LogP contribution in [0, 0.1) is 0 Å². The molecular weight excluding hydrogens is 472 g/mol. The zero-order valence-electron chi connectivity index (χ0n) is 21.4. The van der Waals surface area contributed by atoms with Gasteiger partial charge in [-0.2, -0.15) is 0 Å². The van der Waals surface area contributed by atoms with E-state index in [9.17, 15) is 14.7 Å². The van der Waals surface area contributed by atoms with Crippen molar-refractivity contribution in [1.29, 1.82) is 0 Å². The van der Waals surface area contributed by atoms with Crippen molar-refractivity contribution in [3.63, 3.8) is 0 Å². The molecule has 2 aliphatic heterocycles. The third kappa shape index (κ3) is 6.21. The van der Waals surface area contributed by atoms with E-state index in [-0.39, 0.29) is 17.4 Å². The Morgan fingerprint density at radius 2 is 1.70 bits per heavy atom. The fourth-order valence-corrected chi connectivity index (χ4v) is 4.55. The van der Waals surface area contributed by atoms with Crippen molar-refractivity contribution in [1.82, 2.24) is 9.80 Å². The quantitative estimate of drug-likeness (QED) is 0.227. The second kappa shape index (κ2) is 12.1. The van der Waals surface area contributed by atoms with Crippen LogP contribution in [0.3, 0.4) is 0 Å². The first kappa shape index (κ1) is 26.4. The van der Waals surface area contributed by atoms with Crippen LogP contribution in [0.25, 0.3) is 5.76 Å². The van der Waals surface area contributed by atoms with E-state index < -0.39 is 17.7 Å². The Hall–Kier alpha value is -3.62.